The molecule has 1 aromatic rings. The molecule has 92 valence electrons. The molecule has 0 radical (unpaired) electrons. The second-order valence-electron chi connectivity index (χ2n) is 4.04. The largest absolute Gasteiger partial charge is 0.493 e. The topological polar surface area (TPSA) is 59.0 Å². The van der Waals surface area contributed by atoms with Crippen LogP contribution in [-0.2, 0) is 6.42 Å². The summed E-state index contributed by atoms with van der Waals surface area (Å²) < 4.78 is 18.6. The molecule has 0 bridgehead atoms. The molecule has 0 fully saturated rings. The van der Waals surface area contributed by atoms with Crippen LogP contribution < -0.4 is 10.5 Å². The summed E-state index contributed by atoms with van der Waals surface area (Å²) in [6.07, 6.45) is 1.71. The highest BCUT2D eigenvalue weighted by molar-refractivity contribution is 5.34. The summed E-state index contributed by atoms with van der Waals surface area (Å²) in [5.74, 6) is 0.367. The van der Waals surface area contributed by atoms with Crippen LogP contribution >= 0.6 is 0 Å². The molecule has 0 spiro atoms. The van der Waals surface area contributed by atoms with E-state index in [1.807, 2.05) is 13.0 Å². The van der Waals surface area contributed by atoms with Crippen molar-refractivity contribution in [3.8, 4) is 11.8 Å². The van der Waals surface area contributed by atoms with Crippen LogP contribution in [0.3, 0.4) is 0 Å². The van der Waals surface area contributed by atoms with E-state index in [4.69, 9.17) is 15.7 Å². The molecule has 1 atom stereocenters. The fraction of sp³-hybridized carbons (Fsp3) is 0.462. The van der Waals surface area contributed by atoms with E-state index < -0.39 is 0 Å². The SMILES string of the molecule is CC(N)Cc1cc(F)ccc1OCCCC#N. The number of rotatable bonds is 6. The van der Waals surface area contributed by atoms with Gasteiger partial charge in [-0.2, -0.15) is 5.26 Å². The first-order valence-corrected chi connectivity index (χ1v) is 5.67. The van der Waals surface area contributed by atoms with E-state index >= 15 is 0 Å². The fourth-order valence-corrected chi connectivity index (χ4v) is 1.53. The van der Waals surface area contributed by atoms with Crippen molar-refractivity contribution in [2.75, 3.05) is 6.61 Å². The van der Waals surface area contributed by atoms with Gasteiger partial charge in [-0.1, -0.05) is 0 Å². The van der Waals surface area contributed by atoms with Gasteiger partial charge in [-0.05, 0) is 43.5 Å². The number of nitriles is 1. The molecule has 0 aromatic heterocycles. The Hall–Kier alpha value is -1.60. The van der Waals surface area contributed by atoms with Crippen molar-refractivity contribution in [3.05, 3.63) is 29.6 Å². The average molecular weight is 236 g/mol. The Morgan fingerprint density at radius 1 is 1.53 bits per heavy atom. The van der Waals surface area contributed by atoms with Crippen LogP contribution in [0.15, 0.2) is 18.2 Å². The van der Waals surface area contributed by atoms with Crippen molar-refractivity contribution >= 4 is 0 Å². The Morgan fingerprint density at radius 2 is 2.29 bits per heavy atom. The molecule has 0 aliphatic heterocycles. The molecule has 1 unspecified atom stereocenters. The summed E-state index contributed by atoms with van der Waals surface area (Å²) in [5, 5.41) is 8.40. The average Bonchev–Trinajstić information content (AvgIpc) is 2.26. The molecule has 0 saturated carbocycles. The molecule has 17 heavy (non-hydrogen) atoms. The number of benzene rings is 1. The van der Waals surface area contributed by atoms with E-state index in [9.17, 15) is 4.39 Å². The van der Waals surface area contributed by atoms with Crippen LogP contribution in [0.5, 0.6) is 5.75 Å². The second kappa shape index (κ2) is 6.87. The van der Waals surface area contributed by atoms with Gasteiger partial charge in [-0.15, -0.1) is 0 Å². The zero-order chi connectivity index (χ0) is 12.7. The minimum atomic E-state index is -0.287. The molecule has 0 heterocycles. The fourth-order valence-electron chi connectivity index (χ4n) is 1.53. The minimum absolute atomic E-state index is 0.0433. The summed E-state index contributed by atoms with van der Waals surface area (Å²) >= 11 is 0. The Kier molecular flexibility index (Phi) is 5.44. The van der Waals surface area contributed by atoms with Crippen molar-refractivity contribution in [1.82, 2.24) is 0 Å². The van der Waals surface area contributed by atoms with Crippen LogP contribution in [0.25, 0.3) is 0 Å². The summed E-state index contributed by atoms with van der Waals surface area (Å²) in [6, 6.07) is 6.43. The maximum Gasteiger partial charge on any atom is 0.123 e. The number of ether oxygens (including phenoxy) is 1. The van der Waals surface area contributed by atoms with E-state index in [1.54, 1.807) is 6.07 Å². The van der Waals surface area contributed by atoms with Crippen molar-refractivity contribution < 1.29 is 9.13 Å². The first kappa shape index (κ1) is 13.5. The third kappa shape index (κ3) is 4.83. The summed E-state index contributed by atoms with van der Waals surface area (Å²) in [5.41, 5.74) is 6.47. The Morgan fingerprint density at radius 3 is 2.94 bits per heavy atom. The monoisotopic (exact) mass is 236 g/mol. The number of halogens is 1. The second-order valence-corrected chi connectivity index (χ2v) is 4.04. The number of unbranched alkanes of at least 4 members (excludes halogenated alkanes) is 1. The smallest absolute Gasteiger partial charge is 0.123 e. The first-order valence-electron chi connectivity index (χ1n) is 5.67. The molecule has 0 aliphatic rings. The van der Waals surface area contributed by atoms with Gasteiger partial charge in [0.2, 0.25) is 0 Å². The van der Waals surface area contributed by atoms with Crippen LogP contribution in [0.2, 0.25) is 0 Å². The highest BCUT2D eigenvalue weighted by Gasteiger charge is 2.07. The lowest BCUT2D eigenvalue weighted by molar-refractivity contribution is 0.308. The van der Waals surface area contributed by atoms with Gasteiger partial charge in [0.05, 0.1) is 12.7 Å². The van der Waals surface area contributed by atoms with E-state index in [0.717, 1.165) is 5.56 Å². The van der Waals surface area contributed by atoms with Crippen molar-refractivity contribution in [3.63, 3.8) is 0 Å². The van der Waals surface area contributed by atoms with Crippen LogP contribution in [0.1, 0.15) is 25.3 Å². The highest BCUT2D eigenvalue weighted by Crippen LogP contribution is 2.21. The van der Waals surface area contributed by atoms with Gasteiger partial charge in [-0.25, -0.2) is 4.39 Å². The van der Waals surface area contributed by atoms with Gasteiger partial charge >= 0.3 is 0 Å². The summed E-state index contributed by atoms with van der Waals surface area (Å²) in [6.45, 7) is 2.33. The molecule has 0 saturated heterocycles. The zero-order valence-corrected chi connectivity index (χ0v) is 9.95. The van der Waals surface area contributed by atoms with Gasteiger partial charge in [0, 0.05) is 12.5 Å². The van der Waals surface area contributed by atoms with Gasteiger partial charge in [0.15, 0.2) is 0 Å². The van der Waals surface area contributed by atoms with Crippen molar-refractivity contribution in [1.29, 1.82) is 5.26 Å². The lowest BCUT2D eigenvalue weighted by Crippen LogP contribution is -2.18. The van der Waals surface area contributed by atoms with Gasteiger partial charge < -0.3 is 10.5 Å². The molecular weight excluding hydrogens is 219 g/mol. The predicted octanol–water partition coefficient (Wildman–Crippen LogP) is 2.40. The maximum atomic E-state index is 13.1. The van der Waals surface area contributed by atoms with Gasteiger partial charge in [0.1, 0.15) is 11.6 Å². The van der Waals surface area contributed by atoms with Crippen LogP contribution in [-0.4, -0.2) is 12.6 Å². The first-order chi connectivity index (χ1) is 8.13. The van der Waals surface area contributed by atoms with Crippen molar-refractivity contribution in [2.24, 2.45) is 5.73 Å². The predicted molar refractivity (Wildman–Crippen MR) is 64.1 cm³/mol. The Labute approximate surface area is 101 Å². The third-order valence-electron chi connectivity index (χ3n) is 2.25. The van der Waals surface area contributed by atoms with Gasteiger partial charge in [0.25, 0.3) is 0 Å². The van der Waals surface area contributed by atoms with E-state index in [2.05, 4.69) is 0 Å². The Balaban J connectivity index is 2.66. The van der Waals surface area contributed by atoms with E-state index in [1.165, 1.54) is 12.1 Å². The lowest BCUT2D eigenvalue weighted by atomic mass is 10.1. The number of hydrogen-bond donors (Lipinski definition) is 1. The zero-order valence-electron chi connectivity index (χ0n) is 9.95. The minimum Gasteiger partial charge on any atom is -0.493 e. The molecule has 3 nitrogen and oxygen atoms in total. The molecule has 0 amide bonds. The van der Waals surface area contributed by atoms with E-state index in [0.29, 0.717) is 31.6 Å². The molecule has 1 rings (SSSR count). The summed E-state index contributed by atoms with van der Waals surface area (Å²) in [7, 11) is 0. The molecular formula is C13H17FN2O. The normalized spacial score (nSPS) is 11.9. The van der Waals surface area contributed by atoms with Crippen LogP contribution in [0, 0.1) is 17.1 Å². The summed E-state index contributed by atoms with van der Waals surface area (Å²) in [4.78, 5) is 0. The number of nitrogens with zero attached hydrogens (tertiary/aromatic N) is 1. The molecule has 1 aromatic carbocycles. The third-order valence-corrected chi connectivity index (χ3v) is 2.25. The Bertz CT molecular complexity index is 399. The molecule has 0 aliphatic carbocycles. The molecule has 2 N–H and O–H groups in total. The number of nitrogens with two attached hydrogens (primary N) is 1. The highest BCUT2D eigenvalue weighted by atomic mass is 19.1. The maximum absolute atomic E-state index is 13.1. The van der Waals surface area contributed by atoms with E-state index in [-0.39, 0.29) is 11.9 Å². The van der Waals surface area contributed by atoms with Crippen molar-refractivity contribution in [2.45, 2.75) is 32.2 Å². The van der Waals surface area contributed by atoms with Gasteiger partial charge in [-0.3, -0.25) is 0 Å². The molecule has 4 heteroatoms. The quantitative estimate of drug-likeness (QED) is 0.771. The van der Waals surface area contributed by atoms with Crippen LogP contribution in [0.4, 0.5) is 4.39 Å². The lowest BCUT2D eigenvalue weighted by Gasteiger charge is -2.12. The standard InChI is InChI=1S/C13H17FN2O/c1-10(16)8-11-9-12(14)4-5-13(11)17-7-3-2-6-15/h4-5,9-10H,2-3,7-8,16H2,1H3. The number of hydrogen-bond acceptors (Lipinski definition) is 3.